The SMILES string of the molecule is CCCCCCCCCCCCCCCCCCCCCC[C@@H](O)C(=O)N[C@@H](CO[C@@H]1O[C@H](CO)[C@H](O)[C@H](O)[C@H]1O)[C@H](O)[C@H](O)CCCCCCCCCCCC(C)C. The molecule has 0 aliphatic carbocycles. The van der Waals surface area contributed by atoms with Gasteiger partial charge in [-0.05, 0) is 18.8 Å². The zero-order valence-corrected chi connectivity index (χ0v) is 38.2. The number of hydrogen-bond acceptors (Lipinski definition) is 10. The second kappa shape index (κ2) is 37.6. The first kappa shape index (κ1) is 56.1. The molecule has 1 rings (SSSR count). The zero-order valence-electron chi connectivity index (χ0n) is 38.2. The average molecular weight is 846 g/mol. The maximum atomic E-state index is 13.1. The van der Waals surface area contributed by atoms with Gasteiger partial charge in [-0.1, -0.05) is 213 Å². The van der Waals surface area contributed by atoms with E-state index in [0.717, 1.165) is 44.4 Å². The van der Waals surface area contributed by atoms with Gasteiger partial charge in [0.25, 0.3) is 0 Å². The molecule has 1 saturated heterocycles. The maximum absolute atomic E-state index is 13.1. The molecule has 9 atom stereocenters. The summed E-state index contributed by atoms with van der Waals surface area (Å²) in [5, 5.41) is 75.7. The van der Waals surface area contributed by atoms with Crippen LogP contribution in [-0.4, -0.2) is 110 Å². The lowest BCUT2D eigenvalue weighted by atomic mass is 9.98. The molecular weight excluding hydrogens is 751 g/mol. The Morgan fingerprint density at radius 2 is 0.949 bits per heavy atom. The summed E-state index contributed by atoms with van der Waals surface area (Å²) in [7, 11) is 0. The molecule has 1 heterocycles. The molecule has 11 nitrogen and oxygen atoms in total. The molecule has 1 fully saturated rings. The molecule has 0 aromatic carbocycles. The van der Waals surface area contributed by atoms with Crippen molar-refractivity contribution in [2.24, 2.45) is 5.92 Å². The molecule has 11 heteroatoms. The van der Waals surface area contributed by atoms with Gasteiger partial charge in [-0.3, -0.25) is 4.79 Å². The second-order valence-electron chi connectivity index (χ2n) is 18.4. The summed E-state index contributed by atoms with van der Waals surface area (Å²) in [6, 6.07) is -1.16. The van der Waals surface area contributed by atoms with Gasteiger partial charge >= 0.3 is 0 Å². The standard InChI is InChI=1S/C48H95NO10/c1-4-5-6-7-8-9-10-11-12-13-14-15-16-17-18-19-22-26-29-32-35-41(52)47(57)49-39(37-58-48-46(56)45(55)44(54)42(36-50)59-48)43(53)40(51)34-31-28-25-23-20-21-24-27-30-33-38(2)3/h38-46,48,50-56H,4-37H2,1-3H3,(H,49,57)/t39-,40+,41+,42+,43-,44-,45-,46+,48+/m0/s1. The van der Waals surface area contributed by atoms with Crippen LogP contribution in [0.25, 0.3) is 0 Å². The molecule has 1 aliphatic rings. The van der Waals surface area contributed by atoms with Gasteiger partial charge in [-0.2, -0.15) is 0 Å². The lowest BCUT2D eigenvalue weighted by molar-refractivity contribution is -0.303. The van der Waals surface area contributed by atoms with E-state index in [-0.39, 0.29) is 6.42 Å². The van der Waals surface area contributed by atoms with Crippen molar-refractivity contribution in [3.05, 3.63) is 0 Å². The van der Waals surface area contributed by atoms with Crippen molar-refractivity contribution in [2.45, 2.75) is 281 Å². The summed E-state index contributed by atoms with van der Waals surface area (Å²) < 4.78 is 11.1. The van der Waals surface area contributed by atoms with Gasteiger partial charge in [0.2, 0.25) is 5.91 Å². The fourth-order valence-corrected chi connectivity index (χ4v) is 8.21. The lowest BCUT2D eigenvalue weighted by Gasteiger charge is -2.40. The molecule has 0 unspecified atom stereocenters. The summed E-state index contributed by atoms with van der Waals surface area (Å²) >= 11 is 0. The molecule has 0 saturated carbocycles. The minimum absolute atomic E-state index is 0.266. The Kier molecular flexibility index (Phi) is 35.8. The van der Waals surface area contributed by atoms with Gasteiger partial charge in [0.1, 0.15) is 36.6 Å². The number of carbonyl (C=O) groups is 1. The number of hydrogen-bond donors (Lipinski definition) is 8. The smallest absolute Gasteiger partial charge is 0.249 e. The van der Waals surface area contributed by atoms with Crippen LogP contribution in [-0.2, 0) is 14.3 Å². The molecule has 0 spiro atoms. The Balaban J connectivity index is 2.37. The molecule has 0 aromatic rings. The summed E-state index contributed by atoms with van der Waals surface area (Å²) in [6.07, 6.45) is 25.9. The highest BCUT2D eigenvalue weighted by Crippen LogP contribution is 2.23. The molecule has 0 radical (unpaired) electrons. The molecule has 59 heavy (non-hydrogen) atoms. The normalized spacial score (nSPS) is 21.8. The van der Waals surface area contributed by atoms with Crippen molar-refractivity contribution < 1.29 is 50.0 Å². The number of carbonyl (C=O) groups excluding carboxylic acids is 1. The highest BCUT2D eigenvalue weighted by Gasteiger charge is 2.44. The van der Waals surface area contributed by atoms with Crippen LogP contribution in [0.5, 0.6) is 0 Å². The van der Waals surface area contributed by atoms with E-state index in [2.05, 4.69) is 26.1 Å². The van der Waals surface area contributed by atoms with Crippen molar-refractivity contribution in [1.29, 1.82) is 0 Å². The fourth-order valence-electron chi connectivity index (χ4n) is 8.21. The molecule has 1 aliphatic heterocycles. The van der Waals surface area contributed by atoms with E-state index < -0.39 is 74.2 Å². The van der Waals surface area contributed by atoms with Crippen molar-refractivity contribution in [3.8, 4) is 0 Å². The van der Waals surface area contributed by atoms with Crippen LogP contribution in [0.1, 0.15) is 226 Å². The van der Waals surface area contributed by atoms with Crippen LogP contribution < -0.4 is 5.32 Å². The maximum Gasteiger partial charge on any atom is 0.249 e. The Hall–Kier alpha value is -0.890. The Bertz CT molecular complexity index is 941. The predicted molar refractivity (Wildman–Crippen MR) is 238 cm³/mol. The predicted octanol–water partition coefficient (Wildman–Crippen LogP) is 8.53. The van der Waals surface area contributed by atoms with Gasteiger partial charge < -0.3 is 50.5 Å². The third-order valence-electron chi connectivity index (χ3n) is 12.3. The first-order chi connectivity index (χ1) is 28.5. The lowest BCUT2D eigenvalue weighted by Crippen LogP contribution is -2.60. The van der Waals surface area contributed by atoms with Gasteiger partial charge in [-0.25, -0.2) is 0 Å². The van der Waals surface area contributed by atoms with Gasteiger partial charge in [0.15, 0.2) is 6.29 Å². The summed E-state index contributed by atoms with van der Waals surface area (Å²) in [4.78, 5) is 13.1. The van der Waals surface area contributed by atoms with Crippen LogP contribution in [0, 0.1) is 5.92 Å². The summed E-state index contributed by atoms with van der Waals surface area (Å²) in [6.45, 7) is 5.75. The molecule has 0 aromatic heterocycles. The number of unbranched alkanes of at least 4 members (excludes halogenated alkanes) is 27. The first-order valence-corrected chi connectivity index (χ1v) is 24.8. The Morgan fingerprint density at radius 3 is 1.36 bits per heavy atom. The third kappa shape index (κ3) is 28.4. The monoisotopic (exact) mass is 846 g/mol. The number of nitrogens with one attached hydrogen (secondary N) is 1. The van der Waals surface area contributed by atoms with E-state index in [9.17, 15) is 40.5 Å². The molecule has 8 N–H and O–H groups in total. The quantitative estimate of drug-likeness (QED) is 0.0277. The van der Waals surface area contributed by atoms with Crippen molar-refractivity contribution in [2.75, 3.05) is 13.2 Å². The number of aliphatic hydroxyl groups is 7. The highest BCUT2D eigenvalue weighted by molar-refractivity contribution is 5.80. The molecular formula is C48H95NO10. The van der Waals surface area contributed by atoms with E-state index in [4.69, 9.17) is 9.47 Å². The Labute approximate surface area is 360 Å². The number of aliphatic hydroxyl groups excluding tert-OH is 7. The highest BCUT2D eigenvalue weighted by atomic mass is 16.7. The number of rotatable bonds is 41. The second-order valence-corrected chi connectivity index (χ2v) is 18.4. The van der Waals surface area contributed by atoms with Crippen LogP contribution in [0.15, 0.2) is 0 Å². The van der Waals surface area contributed by atoms with Crippen LogP contribution in [0.4, 0.5) is 0 Å². The molecule has 0 bridgehead atoms. The van der Waals surface area contributed by atoms with E-state index in [1.165, 1.54) is 141 Å². The fraction of sp³-hybridized carbons (Fsp3) is 0.979. The molecule has 352 valence electrons. The van der Waals surface area contributed by atoms with Gasteiger partial charge in [-0.15, -0.1) is 0 Å². The van der Waals surface area contributed by atoms with E-state index in [0.29, 0.717) is 19.3 Å². The number of ether oxygens (including phenoxy) is 2. The average Bonchev–Trinajstić information content (AvgIpc) is 3.22. The summed E-state index contributed by atoms with van der Waals surface area (Å²) in [5.41, 5.74) is 0. The van der Waals surface area contributed by atoms with Crippen molar-refractivity contribution in [3.63, 3.8) is 0 Å². The third-order valence-corrected chi connectivity index (χ3v) is 12.3. The summed E-state index contributed by atoms with van der Waals surface area (Å²) in [5.74, 6) is 0.0701. The largest absolute Gasteiger partial charge is 0.394 e. The van der Waals surface area contributed by atoms with Crippen LogP contribution in [0.2, 0.25) is 0 Å². The van der Waals surface area contributed by atoms with Crippen molar-refractivity contribution >= 4 is 5.91 Å². The zero-order chi connectivity index (χ0) is 43.5. The van der Waals surface area contributed by atoms with E-state index in [1.54, 1.807) is 0 Å². The van der Waals surface area contributed by atoms with Crippen LogP contribution >= 0.6 is 0 Å². The van der Waals surface area contributed by atoms with E-state index >= 15 is 0 Å². The molecule has 1 amide bonds. The minimum Gasteiger partial charge on any atom is -0.394 e. The minimum atomic E-state index is -1.66. The first-order valence-electron chi connectivity index (χ1n) is 24.8. The number of amides is 1. The van der Waals surface area contributed by atoms with Crippen molar-refractivity contribution in [1.82, 2.24) is 5.32 Å². The van der Waals surface area contributed by atoms with Gasteiger partial charge in [0, 0.05) is 0 Å². The van der Waals surface area contributed by atoms with E-state index in [1.807, 2.05) is 0 Å². The topological polar surface area (TPSA) is 189 Å². The van der Waals surface area contributed by atoms with Crippen LogP contribution in [0.3, 0.4) is 0 Å². The Morgan fingerprint density at radius 1 is 0.559 bits per heavy atom. The van der Waals surface area contributed by atoms with Gasteiger partial charge in [0.05, 0.1) is 25.4 Å².